The highest BCUT2D eigenvalue weighted by Gasteiger charge is 2.63. The number of carboxylic acid groups (broad SMARTS) is 2. The average Bonchev–Trinajstić information content (AvgIpc) is 3.08. The molecule has 1 rings (SSSR count). The number of carbonyl (C=O) groups excluding carboxylic acids is 1. The van der Waals surface area contributed by atoms with Crippen LogP contribution in [0.2, 0.25) is 0 Å². The number of carbonyl (C=O) groups is 3. The highest BCUT2D eigenvalue weighted by molar-refractivity contribution is 5.92. The molecule has 0 aromatic rings. The summed E-state index contributed by atoms with van der Waals surface area (Å²) in [7, 11) is 1.53. The second-order valence-corrected chi connectivity index (χ2v) is 4.47. The van der Waals surface area contributed by atoms with Crippen molar-refractivity contribution in [2.75, 3.05) is 20.3 Å². The van der Waals surface area contributed by atoms with Crippen LogP contribution in [0, 0.1) is 17.8 Å². The lowest BCUT2D eigenvalue weighted by Gasteiger charge is -2.06. The molecule has 108 valence electrons. The lowest BCUT2D eigenvalue weighted by molar-refractivity contribution is -0.141. The highest BCUT2D eigenvalue weighted by atomic mass is 16.5. The van der Waals surface area contributed by atoms with Crippen LogP contribution in [-0.4, -0.2) is 54.4 Å². The third-order valence-corrected chi connectivity index (χ3v) is 3.19. The van der Waals surface area contributed by atoms with Gasteiger partial charge in [-0.1, -0.05) is 0 Å². The highest BCUT2D eigenvalue weighted by Crippen LogP contribution is 2.48. The van der Waals surface area contributed by atoms with E-state index in [1.165, 1.54) is 7.11 Å². The molecule has 1 fully saturated rings. The molecule has 0 saturated heterocycles. The van der Waals surface area contributed by atoms with E-state index in [-0.39, 0.29) is 0 Å². The second-order valence-electron chi connectivity index (χ2n) is 4.47. The number of hydrogen-bond acceptors (Lipinski definition) is 5. The van der Waals surface area contributed by atoms with E-state index in [2.05, 4.69) is 5.32 Å². The number of ether oxygens (including phenoxy) is 1. The number of rotatable bonds is 8. The Morgan fingerprint density at radius 3 is 2.42 bits per heavy atom. The van der Waals surface area contributed by atoms with Gasteiger partial charge >= 0.3 is 11.9 Å². The minimum atomic E-state index is -1.34. The normalized spacial score (nSPS) is 26.5. The minimum Gasteiger partial charge on any atom is -0.481 e. The first kappa shape index (κ1) is 15.4. The molecular weight excluding hydrogens is 256 g/mol. The summed E-state index contributed by atoms with van der Waals surface area (Å²) in [5.74, 6) is -5.70. The van der Waals surface area contributed by atoms with E-state index in [0.717, 1.165) is 0 Å². The molecule has 0 unspecified atom stereocenters. The lowest BCUT2D eigenvalue weighted by atomic mass is 10.1. The van der Waals surface area contributed by atoms with Crippen molar-refractivity contribution in [1.82, 2.24) is 5.32 Å². The predicted octanol–water partition coefficient (Wildman–Crippen LogP) is -1.50. The molecule has 0 spiro atoms. The number of aliphatic carboxylic acids is 2. The second kappa shape index (κ2) is 6.48. The Bertz CT molecular complexity index is 372. The van der Waals surface area contributed by atoms with Crippen LogP contribution >= 0.6 is 0 Å². The summed E-state index contributed by atoms with van der Waals surface area (Å²) in [5, 5.41) is 20.3. The van der Waals surface area contributed by atoms with Gasteiger partial charge in [0.2, 0.25) is 5.91 Å². The third-order valence-electron chi connectivity index (χ3n) is 3.19. The van der Waals surface area contributed by atoms with Crippen molar-refractivity contribution in [1.29, 1.82) is 0 Å². The molecule has 0 aromatic carbocycles. The molecule has 1 aliphatic rings. The Balaban J connectivity index is 2.53. The summed E-state index contributed by atoms with van der Waals surface area (Å²) in [5.41, 5.74) is 5.39. The molecule has 1 aliphatic carbocycles. The molecule has 0 aromatic heterocycles. The summed E-state index contributed by atoms with van der Waals surface area (Å²) in [6.07, 6.45) is 0.600. The van der Waals surface area contributed by atoms with Crippen molar-refractivity contribution in [2.24, 2.45) is 23.5 Å². The molecule has 19 heavy (non-hydrogen) atoms. The van der Waals surface area contributed by atoms with Gasteiger partial charge in [-0.15, -0.1) is 0 Å². The van der Waals surface area contributed by atoms with Gasteiger partial charge in [-0.3, -0.25) is 14.4 Å². The summed E-state index contributed by atoms with van der Waals surface area (Å²) in [6, 6.07) is -1.34. The summed E-state index contributed by atoms with van der Waals surface area (Å²) >= 11 is 0. The first-order chi connectivity index (χ1) is 8.91. The zero-order chi connectivity index (χ0) is 14.6. The van der Waals surface area contributed by atoms with Gasteiger partial charge in [0, 0.05) is 26.2 Å². The SMILES string of the molecule is COCCCNC(=O)[C@H]1[C@H](C(=O)O)[C@H]1[C@H](N)C(=O)O. The average molecular weight is 274 g/mol. The van der Waals surface area contributed by atoms with E-state index in [1.807, 2.05) is 0 Å². The Kier molecular flexibility index (Phi) is 5.25. The van der Waals surface area contributed by atoms with Gasteiger partial charge in [-0.25, -0.2) is 0 Å². The van der Waals surface area contributed by atoms with E-state index in [1.54, 1.807) is 0 Å². The van der Waals surface area contributed by atoms with Gasteiger partial charge in [0.15, 0.2) is 0 Å². The standard InChI is InChI=1S/C11H18N2O6/c1-19-4-2-3-13-9(14)6-5(7(6)10(15)16)8(12)11(17)18/h5-8H,2-4,12H2,1H3,(H,13,14)(H,15,16)(H,17,18)/t5-,6+,7+,8-/m0/s1. The van der Waals surface area contributed by atoms with Crippen LogP contribution < -0.4 is 11.1 Å². The van der Waals surface area contributed by atoms with Crippen molar-refractivity contribution < 1.29 is 29.3 Å². The van der Waals surface area contributed by atoms with Crippen molar-refractivity contribution in [3.8, 4) is 0 Å². The zero-order valence-electron chi connectivity index (χ0n) is 10.5. The lowest BCUT2D eigenvalue weighted by Crippen LogP contribution is -2.35. The monoisotopic (exact) mass is 274 g/mol. The number of carboxylic acids is 2. The van der Waals surface area contributed by atoms with Crippen molar-refractivity contribution in [3.05, 3.63) is 0 Å². The maximum Gasteiger partial charge on any atom is 0.320 e. The number of nitrogens with two attached hydrogens (primary N) is 1. The molecule has 1 amide bonds. The van der Waals surface area contributed by atoms with E-state index in [9.17, 15) is 14.4 Å². The molecule has 8 nitrogen and oxygen atoms in total. The molecule has 0 bridgehead atoms. The maximum absolute atomic E-state index is 11.8. The molecule has 0 heterocycles. The van der Waals surface area contributed by atoms with Crippen LogP contribution in [0.4, 0.5) is 0 Å². The Morgan fingerprint density at radius 1 is 1.32 bits per heavy atom. The van der Waals surface area contributed by atoms with Crippen molar-refractivity contribution in [2.45, 2.75) is 12.5 Å². The Hall–Kier alpha value is -1.67. The van der Waals surface area contributed by atoms with Crippen LogP contribution in [0.3, 0.4) is 0 Å². The van der Waals surface area contributed by atoms with Gasteiger partial charge in [-0.05, 0) is 6.42 Å². The molecule has 8 heteroatoms. The quantitative estimate of drug-likeness (QED) is 0.395. The molecule has 5 N–H and O–H groups in total. The van der Waals surface area contributed by atoms with Gasteiger partial charge < -0.3 is 26.0 Å². The van der Waals surface area contributed by atoms with Crippen molar-refractivity contribution >= 4 is 17.8 Å². The Morgan fingerprint density at radius 2 is 1.95 bits per heavy atom. The van der Waals surface area contributed by atoms with Gasteiger partial charge in [0.1, 0.15) is 6.04 Å². The summed E-state index contributed by atoms with van der Waals surface area (Å²) < 4.78 is 4.81. The number of methoxy groups -OCH3 is 1. The molecule has 1 saturated carbocycles. The number of hydrogen-bond donors (Lipinski definition) is 4. The zero-order valence-corrected chi connectivity index (χ0v) is 10.5. The van der Waals surface area contributed by atoms with Gasteiger partial charge in [0.05, 0.1) is 11.8 Å². The largest absolute Gasteiger partial charge is 0.481 e. The van der Waals surface area contributed by atoms with Crippen LogP contribution in [0.5, 0.6) is 0 Å². The van der Waals surface area contributed by atoms with Crippen LogP contribution in [0.25, 0.3) is 0 Å². The smallest absolute Gasteiger partial charge is 0.320 e. The molecule has 0 aliphatic heterocycles. The predicted molar refractivity (Wildman–Crippen MR) is 63.2 cm³/mol. The number of nitrogens with one attached hydrogen (secondary N) is 1. The fourth-order valence-corrected chi connectivity index (χ4v) is 2.15. The van der Waals surface area contributed by atoms with Gasteiger partial charge in [0.25, 0.3) is 0 Å². The van der Waals surface area contributed by atoms with Crippen LogP contribution in [-0.2, 0) is 19.1 Å². The van der Waals surface area contributed by atoms with E-state index in [0.29, 0.717) is 19.6 Å². The maximum atomic E-state index is 11.8. The van der Waals surface area contributed by atoms with E-state index >= 15 is 0 Å². The molecule has 0 radical (unpaired) electrons. The van der Waals surface area contributed by atoms with Crippen LogP contribution in [0.15, 0.2) is 0 Å². The first-order valence-corrected chi connectivity index (χ1v) is 5.89. The van der Waals surface area contributed by atoms with Crippen molar-refractivity contribution in [3.63, 3.8) is 0 Å². The minimum absolute atomic E-state index is 0.352. The van der Waals surface area contributed by atoms with Crippen LogP contribution in [0.1, 0.15) is 6.42 Å². The van der Waals surface area contributed by atoms with Gasteiger partial charge in [-0.2, -0.15) is 0 Å². The number of amides is 1. The Labute approximate surface area is 109 Å². The summed E-state index contributed by atoms with van der Waals surface area (Å²) in [6.45, 7) is 0.829. The summed E-state index contributed by atoms with van der Waals surface area (Å²) in [4.78, 5) is 33.4. The fourth-order valence-electron chi connectivity index (χ4n) is 2.15. The van der Waals surface area contributed by atoms with E-state index < -0.39 is 41.6 Å². The topological polar surface area (TPSA) is 139 Å². The molecular formula is C11H18N2O6. The molecule has 4 atom stereocenters. The fraction of sp³-hybridized carbons (Fsp3) is 0.727. The van der Waals surface area contributed by atoms with E-state index in [4.69, 9.17) is 20.7 Å². The first-order valence-electron chi connectivity index (χ1n) is 5.89. The third kappa shape index (κ3) is 3.65.